The van der Waals surface area contributed by atoms with Crippen LogP contribution < -0.4 is 5.32 Å². The lowest BCUT2D eigenvalue weighted by Crippen LogP contribution is -2.45. The zero-order chi connectivity index (χ0) is 66.2. The van der Waals surface area contributed by atoms with E-state index >= 15 is 0 Å². The number of nitrogens with one attached hydrogen (secondary N) is 1. The third-order valence-electron chi connectivity index (χ3n) is 19.1. The van der Waals surface area contributed by atoms with Crippen LogP contribution in [0.5, 0.6) is 0 Å². The quantitative estimate of drug-likeness (QED) is 0.0243. The SMILES string of the molecule is CCCCCCCCCC/C=C\CCCCCCCCCCCCCCCCCCCCCCCCCCCC(=O)NC(COP(=O)(O)OCC[N+](C)(C)C)C(O)/C=C/CC/C=C/CCCCCCCCCCCCCCCCCCCCCCCCCCCC. The van der Waals surface area contributed by atoms with Gasteiger partial charge in [0.15, 0.2) is 0 Å². The molecule has 0 saturated heterocycles. The number of aliphatic hydroxyl groups is 1. The monoisotopic (exact) mass is 1300 g/mol. The summed E-state index contributed by atoms with van der Waals surface area (Å²) in [6.45, 7) is 4.87. The van der Waals surface area contributed by atoms with Crippen molar-refractivity contribution >= 4 is 13.7 Å². The Morgan fingerprint density at radius 3 is 0.879 bits per heavy atom. The molecule has 0 saturated carbocycles. The second kappa shape index (κ2) is 73.0. The number of unbranched alkanes of at least 4 members (excludes halogenated alkanes) is 60. The molecule has 3 unspecified atom stereocenters. The Kier molecular flexibility index (Phi) is 72.0. The second-order valence-corrected chi connectivity index (χ2v) is 30.9. The van der Waals surface area contributed by atoms with Crippen LogP contribution >= 0.6 is 7.82 Å². The molecule has 0 aliphatic heterocycles. The normalized spacial score (nSPS) is 13.6. The van der Waals surface area contributed by atoms with Gasteiger partial charge in [0.25, 0.3) is 0 Å². The molecule has 540 valence electrons. The van der Waals surface area contributed by atoms with Crippen LogP contribution in [0.2, 0.25) is 0 Å². The predicted molar refractivity (Wildman–Crippen MR) is 401 cm³/mol. The molecule has 1 amide bonds. The molecule has 0 aliphatic rings. The van der Waals surface area contributed by atoms with Gasteiger partial charge in [0.05, 0.1) is 39.9 Å². The summed E-state index contributed by atoms with van der Waals surface area (Å²) < 4.78 is 23.9. The van der Waals surface area contributed by atoms with Crippen molar-refractivity contribution < 1.29 is 32.9 Å². The van der Waals surface area contributed by atoms with E-state index in [9.17, 15) is 19.4 Å². The van der Waals surface area contributed by atoms with Crippen LogP contribution in [0.4, 0.5) is 0 Å². The molecule has 0 aromatic rings. The third-order valence-corrected chi connectivity index (χ3v) is 20.1. The van der Waals surface area contributed by atoms with E-state index in [4.69, 9.17) is 9.05 Å². The number of aliphatic hydroxyl groups excluding tert-OH is 1. The molecular formula is C82H162N2O6P+. The third kappa shape index (κ3) is 76.0. The number of phosphoric acid groups is 1. The Morgan fingerprint density at radius 1 is 0.363 bits per heavy atom. The Morgan fingerprint density at radius 2 is 0.604 bits per heavy atom. The molecule has 0 radical (unpaired) electrons. The van der Waals surface area contributed by atoms with Gasteiger partial charge in [-0.05, 0) is 57.8 Å². The highest BCUT2D eigenvalue weighted by Crippen LogP contribution is 2.43. The summed E-state index contributed by atoms with van der Waals surface area (Å²) >= 11 is 0. The number of nitrogens with zero attached hydrogens (tertiary/aromatic N) is 1. The smallest absolute Gasteiger partial charge is 0.387 e. The minimum absolute atomic E-state index is 0.0585. The summed E-state index contributed by atoms with van der Waals surface area (Å²) in [4.78, 5) is 23.5. The zero-order valence-corrected chi connectivity index (χ0v) is 63.0. The van der Waals surface area contributed by atoms with Gasteiger partial charge in [0.1, 0.15) is 13.2 Å². The van der Waals surface area contributed by atoms with E-state index in [1.54, 1.807) is 6.08 Å². The topological polar surface area (TPSA) is 105 Å². The van der Waals surface area contributed by atoms with Crippen LogP contribution in [-0.4, -0.2) is 73.4 Å². The fourth-order valence-electron chi connectivity index (χ4n) is 12.8. The van der Waals surface area contributed by atoms with Gasteiger partial charge in [0.2, 0.25) is 5.91 Å². The molecule has 0 bridgehead atoms. The van der Waals surface area contributed by atoms with Crippen LogP contribution in [0.25, 0.3) is 0 Å². The fourth-order valence-corrected chi connectivity index (χ4v) is 13.5. The van der Waals surface area contributed by atoms with Crippen molar-refractivity contribution in [2.75, 3.05) is 40.9 Å². The zero-order valence-electron chi connectivity index (χ0n) is 62.1. The minimum atomic E-state index is -4.36. The lowest BCUT2D eigenvalue weighted by Gasteiger charge is -2.25. The van der Waals surface area contributed by atoms with E-state index in [1.165, 1.54) is 372 Å². The molecule has 0 fully saturated rings. The fraction of sp³-hybridized carbons (Fsp3) is 0.915. The molecular weight excluding hydrogens is 1140 g/mol. The van der Waals surface area contributed by atoms with Gasteiger partial charge in [-0.1, -0.05) is 403 Å². The Hall–Kier alpha value is -1.28. The van der Waals surface area contributed by atoms with Crippen molar-refractivity contribution in [2.24, 2.45) is 0 Å². The standard InChI is InChI=1S/C82H161N2O6P/c1-6-8-10-12-14-16-18-20-22-24-26-28-30-32-34-36-38-40-41-42-43-44-46-48-50-52-54-56-58-60-62-64-66-68-70-72-74-76-82(86)83-80(79-90-91(87,88)89-78-77-84(3,4)5)81(85)75-73-71-69-67-65-63-61-59-57-55-53-51-49-47-45-39-37-35-33-31-29-27-25-23-21-19-17-15-13-11-9-7-2/h24,26,65,67,73,75,80-81,85H,6-23,25,27-64,66,68-72,74,76-79H2,1-5H3,(H-,83,86,87,88)/p+1/b26-24-,67-65+,75-73+. The lowest BCUT2D eigenvalue weighted by atomic mass is 10.0. The number of hydrogen-bond donors (Lipinski definition) is 3. The summed E-state index contributed by atoms with van der Waals surface area (Å²) in [7, 11) is 1.58. The summed E-state index contributed by atoms with van der Waals surface area (Å²) in [5.41, 5.74) is 0. The summed E-state index contributed by atoms with van der Waals surface area (Å²) in [6, 6.07) is -0.864. The Balaban J connectivity index is 3.95. The van der Waals surface area contributed by atoms with E-state index in [0.29, 0.717) is 17.4 Å². The molecule has 3 atom stereocenters. The van der Waals surface area contributed by atoms with Gasteiger partial charge in [-0.2, -0.15) is 0 Å². The number of quaternary nitrogens is 1. The number of carbonyl (C=O) groups excluding carboxylic acids is 1. The van der Waals surface area contributed by atoms with Gasteiger partial charge in [-0.3, -0.25) is 13.8 Å². The van der Waals surface area contributed by atoms with E-state index in [0.717, 1.165) is 38.5 Å². The van der Waals surface area contributed by atoms with E-state index < -0.39 is 20.0 Å². The van der Waals surface area contributed by atoms with E-state index in [1.807, 2.05) is 27.2 Å². The summed E-state index contributed by atoms with van der Waals surface area (Å²) in [5, 5.41) is 14.0. The molecule has 8 nitrogen and oxygen atoms in total. The Labute approximate surface area is 569 Å². The van der Waals surface area contributed by atoms with Crippen molar-refractivity contribution in [3.8, 4) is 0 Å². The molecule has 91 heavy (non-hydrogen) atoms. The highest BCUT2D eigenvalue weighted by molar-refractivity contribution is 7.47. The van der Waals surface area contributed by atoms with Gasteiger partial charge in [0, 0.05) is 6.42 Å². The minimum Gasteiger partial charge on any atom is -0.387 e. The van der Waals surface area contributed by atoms with E-state index in [-0.39, 0.29) is 19.1 Å². The van der Waals surface area contributed by atoms with Gasteiger partial charge in [-0.15, -0.1) is 0 Å². The summed E-state index contributed by atoms with van der Waals surface area (Å²) in [6.07, 6.45) is 99.3. The van der Waals surface area contributed by atoms with Gasteiger partial charge >= 0.3 is 7.82 Å². The average molecular weight is 1300 g/mol. The van der Waals surface area contributed by atoms with Gasteiger partial charge < -0.3 is 19.8 Å². The first kappa shape index (κ1) is 89.7. The molecule has 0 aromatic carbocycles. The number of likely N-dealkylation sites (N-methyl/N-ethyl adjacent to an activating group) is 1. The van der Waals surface area contributed by atoms with Crippen LogP contribution in [0.1, 0.15) is 431 Å². The number of allylic oxidation sites excluding steroid dienone is 5. The van der Waals surface area contributed by atoms with Crippen LogP contribution in [0.3, 0.4) is 0 Å². The maximum atomic E-state index is 13.1. The number of carbonyl (C=O) groups is 1. The number of phosphoric ester groups is 1. The first-order valence-corrected chi connectivity index (χ1v) is 42.4. The van der Waals surface area contributed by atoms with Crippen molar-refractivity contribution in [3.63, 3.8) is 0 Å². The highest BCUT2D eigenvalue weighted by atomic mass is 31.2. The summed E-state index contributed by atoms with van der Waals surface area (Å²) in [5.74, 6) is -0.177. The molecule has 0 aromatic heterocycles. The average Bonchev–Trinajstić information content (AvgIpc) is 3.42. The maximum absolute atomic E-state index is 13.1. The molecule has 9 heteroatoms. The first-order chi connectivity index (χ1) is 44.5. The van der Waals surface area contributed by atoms with Crippen molar-refractivity contribution in [3.05, 3.63) is 36.5 Å². The van der Waals surface area contributed by atoms with Crippen LogP contribution in [-0.2, 0) is 18.4 Å². The molecule has 3 N–H and O–H groups in total. The largest absolute Gasteiger partial charge is 0.472 e. The second-order valence-electron chi connectivity index (χ2n) is 29.5. The molecule has 0 spiro atoms. The van der Waals surface area contributed by atoms with Crippen molar-refractivity contribution in [1.29, 1.82) is 0 Å². The van der Waals surface area contributed by atoms with Crippen molar-refractivity contribution in [2.45, 2.75) is 443 Å². The lowest BCUT2D eigenvalue weighted by molar-refractivity contribution is -0.870. The highest BCUT2D eigenvalue weighted by Gasteiger charge is 2.28. The first-order valence-electron chi connectivity index (χ1n) is 40.9. The van der Waals surface area contributed by atoms with E-state index in [2.05, 4.69) is 43.5 Å². The maximum Gasteiger partial charge on any atom is 0.472 e. The van der Waals surface area contributed by atoms with Gasteiger partial charge in [-0.25, -0.2) is 4.57 Å². The number of hydrogen-bond acceptors (Lipinski definition) is 5. The van der Waals surface area contributed by atoms with Crippen molar-refractivity contribution in [1.82, 2.24) is 5.32 Å². The molecule has 0 aliphatic carbocycles. The number of amides is 1. The van der Waals surface area contributed by atoms with Crippen LogP contribution in [0, 0.1) is 0 Å². The predicted octanol–water partition coefficient (Wildman–Crippen LogP) is 26.7. The molecule has 0 heterocycles. The Bertz CT molecular complexity index is 1580. The van der Waals surface area contributed by atoms with Crippen LogP contribution in [0.15, 0.2) is 36.5 Å². The number of rotatable bonds is 77. The molecule has 0 rings (SSSR count).